The van der Waals surface area contributed by atoms with Crippen molar-refractivity contribution in [3.05, 3.63) is 44.4 Å². The Morgan fingerprint density at radius 3 is 2.65 bits per heavy atom. The largest absolute Gasteiger partial charge is 0.464 e. The molecule has 0 fully saturated rings. The van der Waals surface area contributed by atoms with Crippen molar-refractivity contribution < 1.29 is 4.42 Å². The zero-order valence-electron chi connectivity index (χ0n) is 10.00. The Hall–Kier alpha value is -0.580. The molecular formula is C13H16BrNOS. The molecule has 2 nitrogen and oxygen atoms in total. The van der Waals surface area contributed by atoms with E-state index in [1.165, 1.54) is 4.88 Å². The van der Waals surface area contributed by atoms with Gasteiger partial charge in [0, 0.05) is 11.3 Å². The van der Waals surface area contributed by atoms with Gasteiger partial charge >= 0.3 is 0 Å². The number of halogens is 1. The van der Waals surface area contributed by atoms with Crippen molar-refractivity contribution in [2.75, 3.05) is 6.54 Å². The van der Waals surface area contributed by atoms with Crippen molar-refractivity contribution in [2.45, 2.75) is 26.3 Å². The Morgan fingerprint density at radius 1 is 1.29 bits per heavy atom. The summed E-state index contributed by atoms with van der Waals surface area (Å²) in [7, 11) is 0. The van der Waals surface area contributed by atoms with Crippen LogP contribution in [-0.2, 0) is 6.42 Å². The van der Waals surface area contributed by atoms with Crippen LogP contribution < -0.4 is 5.32 Å². The lowest BCUT2D eigenvalue weighted by molar-refractivity contribution is 0.428. The monoisotopic (exact) mass is 313 g/mol. The lowest BCUT2D eigenvalue weighted by Gasteiger charge is -2.13. The van der Waals surface area contributed by atoms with Gasteiger partial charge in [-0.15, -0.1) is 11.3 Å². The van der Waals surface area contributed by atoms with Gasteiger partial charge in [-0.2, -0.15) is 0 Å². The smallest absolute Gasteiger partial charge is 0.126 e. The summed E-state index contributed by atoms with van der Waals surface area (Å²) in [6, 6.07) is 8.50. The molecule has 0 aliphatic rings. The molecule has 2 heterocycles. The van der Waals surface area contributed by atoms with Crippen LogP contribution in [0.5, 0.6) is 0 Å². The summed E-state index contributed by atoms with van der Waals surface area (Å²) in [6.07, 6.45) is 0.937. The zero-order valence-corrected chi connectivity index (χ0v) is 12.4. The first kappa shape index (κ1) is 12.9. The number of aryl methyl sites for hydroxylation is 1. The molecule has 0 aromatic carbocycles. The minimum atomic E-state index is 0.164. The molecule has 0 aliphatic heterocycles. The summed E-state index contributed by atoms with van der Waals surface area (Å²) in [5.41, 5.74) is 0. The molecule has 0 aliphatic carbocycles. The second kappa shape index (κ2) is 5.85. The molecule has 1 N–H and O–H groups in total. The van der Waals surface area contributed by atoms with Crippen LogP contribution in [0.2, 0.25) is 0 Å². The molecule has 2 aromatic rings. The van der Waals surface area contributed by atoms with Crippen LogP contribution in [0.3, 0.4) is 0 Å². The molecule has 0 amide bonds. The van der Waals surface area contributed by atoms with Crippen LogP contribution >= 0.6 is 27.3 Å². The second-order valence-corrected chi connectivity index (χ2v) is 6.28. The number of rotatable bonds is 5. The third-order valence-electron chi connectivity index (χ3n) is 2.60. The highest BCUT2D eigenvalue weighted by molar-refractivity contribution is 9.11. The van der Waals surface area contributed by atoms with Crippen molar-refractivity contribution >= 4 is 27.3 Å². The second-order valence-electron chi connectivity index (χ2n) is 3.79. The highest BCUT2D eigenvalue weighted by Crippen LogP contribution is 2.32. The van der Waals surface area contributed by atoms with Gasteiger partial charge in [0.15, 0.2) is 0 Å². The van der Waals surface area contributed by atoms with Crippen molar-refractivity contribution in [3.63, 3.8) is 0 Å². The Balaban J connectivity index is 2.28. The molecule has 0 radical (unpaired) electrons. The predicted molar refractivity (Wildman–Crippen MR) is 75.6 cm³/mol. The Labute approximate surface area is 114 Å². The van der Waals surface area contributed by atoms with E-state index in [-0.39, 0.29) is 6.04 Å². The number of nitrogens with one attached hydrogen (secondary N) is 1. The average molecular weight is 314 g/mol. The maximum absolute atomic E-state index is 5.84. The third kappa shape index (κ3) is 3.00. The molecule has 0 bridgehead atoms. The number of furan rings is 1. The molecule has 2 rings (SSSR count). The Kier molecular flexibility index (Phi) is 4.42. The highest BCUT2D eigenvalue weighted by Gasteiger charge is 2.18. The van der Waals surface area contributed by atoms with Crippen molar-refractivity contribution in [1.29, 1.82) is 0 Å². The van der Waals surface area contributed by atoms with Crippen LogP contribution in [0.15, 0.2) is 32.5 Å². The molecule has 17 heavy (non-hydrogen) atoms. The number of hydrogen-bond acceptors (Lipinski definition) is 3. The van der Waals surface area contributed by atoms with Gasteiger partial charge in [-0.25, -0.2) is 0 Å². The summed E-state index contributed by atoms with van der Waals surface area (Å²) in [6.45, 7) is 5.13. The standard InChI is InChI=1S/C13H16BrNOS/c1-3-9-5-6-10(16-9)13(15-4-2)11-7-8-12(14)17-11/h5-8,13,15H,3-4H2,1-2H3. The van der Waals surface area contributed by atoms with Gasteiger partial charge in [0.2, 0.25) is 0 Å². The summed E-state index contributed by atoms with van der Waals surface area (Å²) in [5, 5.41) is 3.46. The Bertz CT molecular complexity index is 477. The minimum Gasteiger partial charge on any atom is -0.464 e. The highest BCUT2D eigenvalue weighted by atomic mass is 79.9. The van der Waals surface area contributed by atoms with Gasteiger partial charge in [0.05, 0.1) is 3.79 Å². The third-order valence-corrected chi connectivity index (χ3v) is 4.29. The summed E-state index contributed by atoms with van der Waals surface area (Å²) < 4.78 is 6.99. The van der Waals surface area contributed by atoms with Crippen LogP contribution in [0, 0.1) is 0 Å². The first-order chi connectivity index (χ1) is 8.24. The van der Waals surface area contributed by atoms with E-state index in [2.05, 4.69) is 59.4 Å². The minimum absolute atomic E-state index is 0.164. The van der Waals surface area contributed by atoms with E-state index < -0.39 is 0 Å². The lowest BCUT2D eigenvalue weighted by atomic mass is 10.2. The van der Waals surface area contributed by atoms with E-state index in [4.69, 9.17) is 4.42 Å². The summed E-state index contributed by atoms with van der Waals surface area (Å²) >= 11 is 5.24. The van der Waals surface area contributed by atoms with Crippen LogP contribution in [-0.4, -0.2) is 6.54 Å². The van der Waals surface area contributed by atoms with E-state index in [1.54, 1.807) is 11.3 Å². The number of hydrogen-bond donors (Lipinski definition) is 1. The lowest BCUT2D eigenvalue weighted by Crippen LogP contribution is -2.20. The van der Waals surface area contributed by atoms with Gasteiger partial charge in [-0.1, -0.05) is 13.8 Å². The quantitative estimate of drug-likeness (QED) is 0.887. The van der Waals surface area contributed by atoms with Crippen molar-refractivity contribution in [1.82, 2.24) is 5.32 Å². The summed E-state index contributed by atoms with van der Waals surface area (Å²) in [5.74, 6) is 2.04. The van der Waals surface area contributed by atoms with Crippen LogP contribution in [0.1, 0.15) is 36.3 Å². The molecule has 1 unspecified atom stereocenters. The number of thiophene rings is 1. The van der Waals surface area contributed by atoms with Gasteiger partial charge in [-0.05, 0) is 46.7 Å². The van der Waals surface area contributed by atoms with E-state index in [9.17, 15) is 0 Å². The van der Waals surface area contributed by atoms with Crippen LogP contribution in [0.25, 0.3) is 0 Å². The topological polar surface area (TPSA) is 25.2 Å². The van der Waals surface area contributed by atoms with E-state index in [0.717, 1.165) is 28.3 Å². The van der Waals surface area contributed by atoms with Gasteiger partial charge < -0.3 is 9.73 Å². The van der Waals surface area contributed by atoms with E-state index in [1.807, 2.05) is 0 Å². The summed E-state index contributed by atoms with van der Waals surface area (Å²) in [4.78, 5) is 1.27. The molecule has 0 spiro atoms. The molecule has 1 atom stereocenters. The molecular weight excluding hydrogens is 298 g/mol. The molecule has 92 valence electrons. The maximum atomic E-state index is 5.84. The normalized spacial score (nSPS) is 12.9. The van der Waals surface area contributed by atoms with Gasteiger partial charge in [0.1, 0.15) is 17.6 Å². The average Bonchev–Trinajstić information content (AvgIpc) is 2.94. The van der Waals surface area contributed by atoms with E-state index in [0.29, 0.717) is 0 Å². The van der Waals surface area contributed by atoms with Gasteiger partial charge in [-0.3, -0.25) is 0 Å². The fourth-order valence-corrected chi connectivity index (χ4v) is 3.28. The molecule has 2 aromatic heterocycles. The molecule has 0 saturated carbocycles. The fourth-order valence-electron chi connectivity index (χ4n) is 1.77. The van der Waals surface area contributed by atoms with Gasteiger partial charge in [0.25, 0.3) is 0 Å². The van der Waals surface area contributed by atoms with Crippen molar-refractivity contribution in [2.24, 2.45) is 0 Å². The van der Waals surface area contributed by atoms with Crippen molar-refractivity contribution in [3.8, 4) is 0 Å². The first-order valence-electron chi connectivity index (χ1n) is 5.81. The Morgan fingerprint density at radius 2 is 2.12 bits per heavy atom. The SMILES string of the molecule is CCNC(c1ccc(CC)o1)c1ccc(Br)s1. The first-order valence-corrected chi connectivity index (χ1v) is 7.42. The van der Waals surface area contributed by atoms with Crippen LogP contribution in [0.4, 0.5) is 0 Å². The fraction of sp³-hybridized carbons (Fsp3) is 0.385. The zero-order chi connectivity index (χ0) is 12.3. The maximum Gasteiger partial charge on any atom is 0.126 e. The molecule has 0 saturated heterocycles. The molecule has 4 heteroatoms. The predicted octanol–water partition coefficient (Wildman–Crippen LogP) is 4.36. The van der Waals surface area contributed by atoms with E-state index >= 15 is 0 Å².